The summed E-state index contributed by atoms with van der Waals surface area (Å²) in [5.41, 5.74) is 14.7. The molecule has 2 aliphatic rings. The largest absolute Gasteiger partial charge is 0.396 e. The van der Waals surface area contributed by atoms with Crippen molar-refractivity contribution in [3.8, 4) is 39.6 Å². The molecule has 0 saturated heterocycles. The lowest BCUT2D eigenvalue weighted by molar-refractivity contribution is 0.0971. The molecule has 204 valence electrons. The number of benzene rings is 3. The Bertz CT molecular complexity index is 1750. The van der Waals surface area contributed by atoms with Gasteiger partial charge >= 0.3 is 0 Å². The Labute approximate surface area is 238 Å². The van der Waals surface area contributed by atoms with E-state index in [2.05, 4.69) is 51.3 Å². The fourth-order valence-electron chi connectivity index (χ4n) is 5.90. The standard InChI is InChI=1S/C34H31N5O2/c35-34(18-5-19-34)25-16-14-24(15-17-25)31-30(23-12-10-22(11-13-23)29(41)9-4-21-40)38-33-26-6-1-2-7-27(26)37-32-28(39(31)33)8-3-20-36-32/h1-3,6-8,10-17,20,40H,4-5,9,18-19,21,35H2,(H,36,37). The van der Waals surface area contributed by atoms with E-state index in [1.54, 1.807) is 6.20 Å². The number of pyridine rings is 1. The fraction of sp³-hybridized carbons (Fsp3) is 0.206. The van der Waals surface area contributed by atoms with Crippen LogP contribution in [0.1, 0.15) is 48.0 Å². The first-order valence-electron chi connectivity index (χ1n) is 14.1. The van der Waals surface area contributed by atoms with Crippen LogP contribution in [0.3, 0.4) is 0 Å². The third-order valence-corrected chi connectivity index (χ3v) is 8.35. The number of imidazole rings is 1. The van der Waals surface area contributed by atoms with Gasteiger partial charge in [0.25, 0.3) is 0 Å². The van der Waals surface area contributed by atoms with E-state index in [0.29, 0.717) is 18.4 Å². The summed E-state index contributed by atoms with van der Waals surface area (Å²) >= 11 is 0. The second-order valence-electron chi connectivity index (χ2n) is 10.9. The molecule has 1 aliphatic heterocycles. The normalized spacial score (nSPS) is 14.6. The van der Waals surface area contributed by atoms with E-state index in [1.165, 1.54) is 0 Å². The van der Waals surface area contributed by atoms with Crippen LogP contribution in [-0.2, 0) is 5.54 Å². The Morgan fingerprint density at radius 3 is 2.44 bits per heavy atom. The predicted molar refractivity (Wildman–Crippen MR) is 161 cm³/mol. The highest BCUT2D eigenvalue weighted by Crippen LogP contribution is 2.45. The summed E-state index contributed by atoms with van der Waals surface area (Å²) in [6.07, 6.45) is 5.74. The van der Waals surface area contributed by atoms with Gasteiger partial charge in [-0.3, -0.25) is 9.36 Å². The van der Waals surface area contributed by atoms with Gasteiger partial charge in [0.2, 0.25) is 0 Å². The van der Waals surface area contributed by atoms with Crippen molar-refractivity contribution in [3.63, 3.8) is 0 Å². The van der Waals surface area contributed by atoms with Crippen LogP contribution in [0.25, 0.3) is 39.6 Å². The fourth-order valence-corrected chi connectivity index (χ4v) is 5.90. The highest BCUT2D eigenvalue weighted by Gasteiger charge is 2.34. The van der Waals surface area contributed by atoms with Gasteiger partial charge < -0.3 is 16.2 Å². The average Bonchev–Trinajstić information content (AvgIpc) is 3.33. The summed E-state index contributed by atoms with van der Waals surface area (Å²) < 4.78 is 2.19. The zero-order valence-corrected chi connectivity index (χ0v) is 22.7. The molecule has 3 heterocycles. The number of carbonyl (C=O) groups is 1. The molecule has 7 heteroatoms. The van der Waals surface area contributed by atoms with E-state index >= 15 is 0 Å². The molecule has 1 saturated carbocycles. The Kier molecular flexibility index (Phi) is 6.26. The van der Waals surface area contributed by atoms with E-state index in [1.807, 2.05) is 48.5 Å². The maximum atomic E-state index is 12.6. The second-order valence-corrected chi connectivity index (χ2v) is 10.9. The first-order valence-corrected chi connectivity index (χ1v) is 14.1. The molecule has 0 radical (unpaired) electrons. The quantitative estimate of drug-likeness (QED) is 0.196. The van der Waals surface area contributed by atoms with Gasteiger partial charge in [0.15, 0.2) is 11.6 Å². The maximum Gasteiger partial charge on any atom is 0.162 e. The van der Waals surface area contributed by atoms with E-state index in [9.17, 15) is 4.79 Å². The summed E-state index contributed by atoms with van der Waals surface area (Å²) in [6, 6.07) is 28.3. The van der Waals surface area contributed by atoms with E-state index in [4.69, 9.17) is 15.8 Å². The third kappa shape index (κ3) is 4.34. The zero-order chi connectivity index (χ0) is 28.0. The van der Waals surface area contributed by atoms with Crippen LogP contribution >= 0.6 is 0 Å². The Balaban J connectivity index is 1.44. The molecule has 2 aromatic heterocycles. The number of fused-ring (bicyclic) bond motifs is 5. The molecule has 5 aromatic rings. The number of hydrogen-bond donors (Lipinski definition) is 3. The molecule has 0 spiro atoms. The molecule has 41 heavy (non-hydrogen) atoms. The number of aliphatic hydroxyl groups excluding tert-OH is 1. The Morgan fingerprint density at radius 1 is 0.951 bits per heavy atom. The van der Waals surface area contributed by atoms with Gasteiger partial charge in [0, 0.05) is 47.0 Å². The number of aromatic nitrogens is 3. The number of nitrogens with zero attached hydrogens (tertiary/aromatic N) is 3. The lowest BCUT2D eigenvalue weighted by Crippen LogP contribution is -2.43. The first kappa shape index (κ1) is 25.4. The monoisotopic (exact) mass is 541 g/mol. The zero-order valence-electron chi connectivity index (χ0n) is 22.7. The van der Waals surface area contributed by atoms with Crippen molar-refractivity contribution in [3.05, 3.63) is 102 Å². The molecule has 3 aromatic carbocycles. The van der Waals surface area contributed by atoms with Gasteiger partial charge in [-0.15, -0.1) is 0 Å². The molecule has 7 rings (SSSR count). The smallest absolute Gasteiger partial charge is 0.162 e. The molecule has 0 bridgehead atoms. The van der Waals surface area contributed by atoms with Crippen molar-refractivity contribution in [2.75, 3.05) is 11.9 Å². The number of rotatable bonds is 7. The summed E-state index contributed by atoms with van der Waals surface area (Å²) in [5.74, 6) is 1.58. The van der Waals surface area contributed by atoms with Gasteiger partial charge in [0.05, 0.1) is 22.8 Å². The maximum absolute atomic E-state index is 12.6. The number of carbonyl (C=O) groups excluding carboxylic acids is 1. The summed E-state index contributed by atoms with van der Waals surface area (Å²) in [7, 11) is 0. The minimum atomic E-state index is -0.243. The van der Waals surface area contributed by atoms with Crippen LogP contribution in [0.5, 0.6) is 0 Å². The van der Waals surface area contributed by atoms with Crippen molar-refractivity contribution in [2.45, 2.75) is 37.6 Å². The number of nitrogens with two attached hydrogens (primary N) is 1. The van der Waals surface area contributed by atoms with Crippen molar-refractivity contribution >= 4 is 17.3 Å². The van der Waals surface area contributed by atoms with Crippen LogP contribution in [0, 0.1) is 0 Å². The number of aliphatic hydroxyl groups is 1. The summed E-state index contributed by atoms with van der Waals surface area (Å²) in [5, 5.41) is 12.6. The van der Waals surface area contributed by atoms with Crippen LogP contribution < -0.4 is 11.1 Å². The molecule has 1 fully saturated rings. The van der Waals surface area contributed by atoms with Crippen LogP contribution in [-0.4, -0.2) is 32.0 Å². The summed E-state index contributed by atoms with van der Waals surface area (Å²) in [6.45, 7) is 0.00409. The van der Waals surface area contributed by atoms with Crippen LogP contribution in [0.4, 0.5) is 11.5 Å². The van der Waals surface area contributed by atoms with Gasteiger partial charge in [-0.2, -0.15) is 0 Å². The molecule has 4 N–H and O–H groups in total. The topological polar surface area (TPSA) is 106 Å². The second kappa shape index (κ2) is 10.1. The van der Waals surface area contributed by atoms with E-state index in [-0.39, 0.29) is 17.9 Å². The third-order valence-electron chi connectivity index (χ3n) is 8.35. The number of hydrogen-bond acceptors (Lipinski definition) is 6. The predicted octanol–water partition coefficient (Wildman–Crippen LogP) is 6.62. The van der Waals surface area contributed by atoms with Gasteiger partial charge in [-0.1, -0.05) is 60.7 Å². The Hall–Kier alpha value is -4.59. The molecule has 0 unspecified atom stereocenters. The minimum absolute atomic E-state index is 0.00409. The van der Waals surface area contributed by atoms with Gasteiger partial charge in [-0.05, 0) is 55.5 Å². The first-order chi connectivity index (χ1) is 20.1. The number of anilines is 2. The number of Topliss-reactive ketones (excluding diaryl/α,β-unsaturated/α-hetero) is 1. The molecule has 0 amide bonds. The van der Waals surface area contributed by atoms with Crippen molar-refractivity contribution in [2.24, 2.45) is 5.73 Å². The molecular weight excluding hydrogens is 510 g/mol. The number of ketones is 1. The minimum Gasteiger partial charge on any atom is -0.396 e. The molecule has 1 aliphatic carbocycles. The van der Waals surface area contributed by atoms with Crippen LogP contribution in [0.15, 0.2) is 91.1 Å². The van der Waals surface area contributed by atoms with Crippen molar-refractivity contribution in [1.82, 2.24) is 14.5 Å². The highest BCUT2D eigenvalue weighted by molar-refractivity contribution is 5.97. The highest BCUT2D eigenvalue weighted by atomic mass is 16.3. The van der Waals surface area contributed by atoms with Crippen molar-refractivity contribution in [1.29, 1.82) is 0 Å². The Morgan fingerprint density at radius 2 is 1.71 bits per heavy atom. The van der Waals surface area contributed by atoms with Crippen LogP contribution in [0.2, 0.25) is 0 Å². The SMILES string of the molecule is NC1(c2ccc(-c3c(-c4ccc(C(=O)CCCO)cc4)nc4n3-c3cccnc3Nc3ccccc3-4)cc2)CCC1. The van der Waals surface area contributed by atoms with Crippen molar-refractivity contribution < 1.29 is 9.90 Å². The molecule has 0 atom stereocenters. The summed E-state index contributed by atoms with van der Waals surface area (Å²) in [4.78, 5) is 22.6. The van der Waals surface area contributed by atoms with E-state index in [0.717, 1.165) is 75.9 Å². The lowest BCUT2D eigenvalue weighted by atomic mass is 9.72. The lowest BCUT2D eigenvalue weighted by Gasteiger charge is -2.38. The van der Waals surface area contributed by atoms with E-state index < -0.39 is 0 Å². The molecular formula is C34H31N5O2. The number of nitrogens with one attached hydrogen (secondary N) is 1. The average molecular weight is 542 g/mol. The molecule has 7 nitrogen and oxygen atoms in total. The van der Waals surface area contributed by atoms with Gasteiger partial charge in [-0.25, -0.2) is 9.97 Å². The van der Waals surface area contributed by atoms with Gasteiger partial charge in [0.1, 0.15) is 5.82 Å². The number of para-hydroxylation sites is 1.